The van der Waals surface area contributed by atoms with Crippen molar-refractivity contribution in [3.05, 3.63) is 0 Å². The molecule has 1 aliphatic rings. The van der Waals surface area contributed by atoms with Gasteiger partial charge >= 0.3 is 0 Å². The SMILES string of the molecule is C1CO1.CC(N)=O. The summed E-state index contributed by atoms with van der Waals surface area (Å²) in [5.41, 5.74) is 4.47. The molecule has 7 heavy (non-hydrogen) atoms. The van der Waals surface area contributed by atoms with Crippen molar-refractivity contribution in [3.8, 4) is 0 Å². The Morgan fingerprint density at radius 2 is 1.86 bits per heavy atom. The molecule has 1 rings (SSSR count). The largest absolute Gasteiger partial charge is 0.377 e. The van der Waals surface area contributed by atoms with Crippen molar-refractivity contribution < 1.29 is 9.53 Å². The second kappa shape index (κ2) is 3.61. The lowest BCUT2D eigenvalue weighted by Gasteiger charge is -1.60. The molecular weight excluding hydrogens is 94.0 g/mol. The van der Waals surface area contributed by atoms with Crippen molar-refractivity contribution in [2.24, 2.45) is 5.73 Å². The molecule has 0 aromatic carbocycles. The number of primary amides is 1. The molecule has 0 radical (unpaired) electrons. The molecule has 1 saturated heterocycles. The number of carbonyl (C=O) groups is 1. The Morgan fingerprint density at radius 1 is 1.71 bits per heavy atom. The lowest BCUT2D eigenvalue weighted by atomic mass is 10.8. The van der Waals surface area contributed by atoms with Crippen LogP contribution in [0.1, 0.15) is 6.92 Å². The van der Waals surface area contributed by atoms with E-state index in [9.17, 15) is 4.79 Å². The van der Waals surface area contributed by atoms with Crippen LogP contribution in [0, 0.1) is 0 Å². The predicted molar refractivity (Wildman–Crippen MR) is 25.7 cm³/mol. The summed E-state index contributed by atoms with van der Waals surface area (Å²) in [7, 11) is 0. The zero-order chi connectivity index (χ0) is 5.70. The van der Waals surface area contributed by atoms with Crippen molar-refractivity contribution in [2.45, 2.75) is 6.92 Å². The molecule has 0 aromatic heterocycles. The number of ether oxygens (including phenoxy) is 1. The second-order valence-corrected chi connectivity index (χ2v) is 1.22. The summed E-state index contributed by atoms with van der Waals surface area (Å²) in [5.74, 6) is -0.333. The van der Waals surface area contributed by atoms with Crippen molar-refractivity contribution in [1.82, 2.24) is 0 Å². The molecule has 1 amide bonds. The van der Waals surface area contributed by atoms with E-state index in [1.54, 1.807) is 0 Å². The summed E-state index contributed by atoms with van der Waals surface area (Å²) in [4.78, 5) is 9.22. The van der Waals surface area contributed by atoms with E-state index in [1.165, 1.54) is 6.92 Å². The molecule has 0 unspecified atom stereocenters. The molecule has 0 aliphatic carbocycles. The molecule has 0 atom stereocenters. The number of epoxide rings is 1. The second-order valence-electron chi connectivity index (χ2n) is 1.22. The average Bonchev–Trinajstić information content (AvgIpc) is 2.02. The van der Waals surface area contributed by atoms with Crippen molar-refractivity contribution >= 4 is 5.91 Å². The van der Waals surface area contributed by atoms with Gasteiger partial charge in [-0.25, -0.2) is 0 Å². The van der Waals surface area contributed by atoms with Gasteiger partial charge in [-0.2, -0.15) is 0 Å². The first kappa shape index (κ1) is 6.43. The van der Waals surface area contributed by atoms with Crippen LogP contribution >= 0.6 is 0 Å². The summed E-state index contributed by atoms with van der Waals surface area (Å²) in [6, 6.07) is 0. The predicted octanol–water partition coefficient (Wildman–Crippen LogP) is -0.492. The fraction of sp³-hybridized carbons (Fsp3) is 0.750. The number of hydrogen-bond acceptors (Lipinski definition) is 2. The first-order valence-electron chi connectivity index (χ1n) is 2.07. The van der Waals surface area contributed by atoms with Crippen LogP contribution in [0.4, 0.5) is 0 Å². The number of hydrogen-bond donors (Lipinski definition) is 1. The molecule has 1 heterocycles. The van der Waals surface area contributed by atoms with E-state index in [-0.39, 0.29) is 5.91 Å². The van der Waals surface area contributed by atoms with E-state index >= 15 is 0 Å². The fourth-order valence-corrected chi connectivity index (χ4v) is 0. The first-order valence-corrected chi connectivity index (χ1v) is 2.07. The van der Waals surface area contributed by atoms with E-state index in [0.29, 0.717) is 0 Å². The van der Waals surface area contributed by atoms with Gasteiger partial charge in [0, 0.05) is 6.92 Å². The molecule has 0 saturated carbocycles. The van der Waals surface area contributed by atoms with E-state index in [1.807, 2.05) is 0 Å². The Hall–Kier alpha value is -0.570. The number of carbonyl (C=O) groups excluding carboxylic acids is 1. The zero-order valence-corrected chi connectivity index (χ0v) is 4.31. The molecule has 0 bridgehead atoms. The third-order valence-corrected chi connectivity index (χ3v) is 0.204. The van der Waals surface area contributed by atoms with E-state index < -0.39 is 0 Å². The van der Waals surface area contributed by atoms with Crippen LogP contribution in [0.3, 0.4) is 0 Å². The minimum atomic E-state index is -0.333. The normalized spacial score (nSPS) is 13.9. The van der Waals surface area contributed by atoms with Crippen LogP contribution in [0.25, 0.3) is 0 Å². The van der Waals surface area contributed by atoms with E-state index in [2.05, 4.69) is 10.5 Å². The summed E-state index contributed by atoms with van der Waals surface area (Å²) in [6.07, 6.45) is 0. The maximum atomic E-state index is 9.22. The molecule has 3 heteroatoms. The highest BCUT2D eigenvalue weighted by molar-refractivity contribution is 5.70. The van der Waals surface area contributed by atoms with Gasteiger partial charge in [-0.3, -0.25) is 4.79 Å². The highest BCUT2D eigenvalue weighted by atomic mass is 16.6. The molecular formula is C4H9NO2. The minimum Gasteiger partial charge on any atom is -0.377 e. The van der Waals surface area contributed by atoms with Gasteiger partial charge in [0.05, 0.1) is 13.2 Å². The summed E-state index contributed by atoms with van der Waals surface area (Å²) < 4.78 is 4.50. The molecule has 1 aliphatic heterocycles. The summed E-state index contributed by atoms with van der Waals surface area (Å²) in [5, 5.41) is 0. The number of rotatable bonds is 0. The van der Waals surface area contributed by atoms with Gasteiger partial charge in [0.1, 0.15) is 0 Å². The van der Waals surface area contributed by atoms with Crippen molar-refractivity contribution in [3.63, 3.8) is 0 Å². The Bertz CT molecular complexity index is 54.0. The fourth-order valence-electron chi connectivity index (χ4n) is 0. The Kier molecular flexibility index (Phi) is 3.32. The van der Waals surface area contributed by atoms with Crippen LogP contribution in [-0.2, 0) is 9.53 Å². The highest BCUT2D eigenvalue weighted by Gasteiger charge is 1.94. The summed E-state index contributed by atoms with van der Waals surface area (Å²) in [6.45, 7) is 3.31. The van der Waals surface area contributed by atoms with E-state index in [0.717, 1.165) is 13.2 Å². The first-order chi connectivity index (χ1) is 3.23. The van der Waals surface area contributed by atoms with Crippen LogP contribution in [0.5, 0.6) is 0 Å². The number of nitrogens with two attached hydrogens (primary N) is 1. The smallest absolute Gasteiger partial charge is 0.214 e. The molecule has 1 fully saturated rings. The van der Waals surface area contributed by atoms with Gasteiger partial charge in [-0.1, -0.05) is 0 Å². The van der Waals surface area contributed by atoms with Crippen LogP contribution in [-0.4, -0.2) is 19.1 Å². The Morgan fingerprint density at radius 3 is 1.86 bits per heavy atom. The standard InChI is InChI=1S/C2H5NO.C2H4O/c1-2(3)4;1-2-3-1/h1H3,(H2,3,4);1-2H2. The molecule has 42 valence electrons. The van der Waals surface area contributed by atoms with Gasteiger partial charge in [0.25, 0.3) is 0 Å². The van der Waals surface area contributed by atoms with Gasteiger partial charge in [-0.05, 0) is 0 Å². The zero-order valence-electron chi connectivity index (χ0n) is 4.31. The van der Waals surface area contributed by atoms with Crippen LogP contribution in [0.15, 0.2) is 0 Å². The number of amides is 1. The topological polar surface area (TPSA) is 55.6 Å². The third kappa shape index (κ3) is 346. The van der Waals surface area contributed by atoms with Gasteiger partial charge in [0.15, 0.2) is 0 Å². The Balaban J connectivity index is 0.000000105. The minimum absolute atomic E-state index is 0.333. The van der Waals surface area contributed by atoms with Crippen LogP contribution < -0.4 is 5.73 Å². The van der Waals surface area contributed by atoms with Gasteiger partial charge in [0.2, 0.25) is 5.91 Å². The molecule has 2 N–H and O–H groups in total. The van der Waals surface area contributed by atoms with E-state index in [4.69, 9.17) is 0 Å². The van der Waals surface area contributed by atoms with Gasteiger partial charge in [-0.15, -0.1) is 0 Å². The lowest BCUT2D eigenvalue weighted by Crippen LogP contribution is -2.01. The molecule has 0 aromatic rings. The van der Waals surface area contributed by atoms with Crippen LogP contribution in [0.2, 0.25) is 0 Å². The third-order valence-electron chi connectivity index (χ3n) is 0.204. The maximum Gasteiger partial charge on any atom is 0.214 e. The Labute approximate surface area is 42.4 Å². The summed E-state index contributed by atoms with van der Waals surface area (Å²) >= 11 is 0. The monoisotopic (exact) mass is 103 g/mol. The molecule has 0 spiro atoms. The highest BCUT2D eigenvalue weighted by Crippen LogP contribution is 1.84. The molecule has 3 nitrogen and oxygen atoms in total. The van der Waals surface area contributed by atoms with Crippen molar-refractivity contribution in [2.75, 3.05) is 13.2 Å². The average molecular weight is 103 g/mol. The lowest BCUT2D eigenvalue weighted by molar-refractivity contribution is -0.115. The maximum absolute atomic E-state index is 9.22. The quantitative estimate of drug-likeness (QED) is 0.420. The van der Waals surface area contributed by atoms with Crippen molar-refractivity contribution in [1.29, 1.82) is 0 Å². The van der Waals surface area contributed by atoms with Gasteiger partial charge < -0.3 is 10.5 Å².